The average Bonchev–Trinajstić information content (AvgIpc) is 1.79. The van der Waals surface area contributed by atoms with Gasteiger partial charge < -0.3 is 24.4 Å². The number of hydrogen-bond donors (Lipinski definition) is 0. The van der Waals surface area contributed by atoms with Crippen molar-refractivity contribution in [2.75, 3.05) is 0 Å². The summed E-state index contributed by atoms with van der Waals surface area (Å²) in [5, 5.41) is 18.1. The molecule has 7 nitrogen and oxygen atoms in total. The summed E-state index contributed by atoms with van der Waals surface area (Å²) in [5.41, 5.74) is -2.33. The molecule has 0 aromatic carbocycles. The zero-order valence-electron chi connectivity index (χ0n) is 10.3. The Kier molecular flexibility index (Phi) is 15.6. The largest absolute Gasteiger partial charge is 1.00 e. The normalized spacial score (nSPS) is 12.2. The van der Waals surface area contributed by atoms with Gasteiger partial charge in [0.2, 0.25) is 0 Å². The first kappa shape index (κ1) is 27.2. The molecule has 0 aliphatic rings. The van der Waals surface area contributed by atoms with E-state index in [9.17, 15) is 32.8 Å². The van der Waals surface area contributed by atoms with E-state index in [0.717, 1.165) is 13.8 Å². The molecule has 0 saturated carbocycles. The van der Waals surface area contributed by atoms with Crippen LogP contribution in [0, 0.1) is 5.41 Å². The minimum absolute atomic E-state index is 0. The van der Waals surface area contributed by atoms with Crippen LogP contribution in [0.4, 0.5) is 0 Å². The topological polar surface area (TPSA) is 137 Å². The van der Waals surface area contributed by atoms with Gasteiger partial charge in [-0.25, -0.2) is 8.42 Å². The van der Waals surface area contributed by atoms with Crippen LogP contribution in [-0.4, -0.2) is 30.2 Å². The molecule has 0 radical (unpaired) electrons. The Balaban J connectivity index is -0.000000282. The summed E-state index contributed by atoms with van der Waals surface area (Å²) in [6.45, 7) is 1.52. The third-order valence-electron chi connectivity index (χ3n) is 1.68. The van der Waals surface area contributed by atoms with Gasteiger partial charge in [-0.3, -0.25) is 0 Å². The maximum absolute atomic E-state index is 10.5. The molecule has 0 aromatic rings. The Morgan fingerprint density at radius 3 is 1.41 bits per heavy atom. The number of rotatable bonds is 4. The van der Waals surface area contributed by atoms with Crippen molar-refractivity contribution in [3.63, 3.8) is 0 Å². The Morgan fingerprint density at radius 2 is 1.35 bits per heavy atom. The minimum atomic E-state index is -5.30. The molecule has 0 saturated heterocycles. The van der Waals surface area contributed by atoms with Crippen LogP contribution in [-0.2, 0) is 19.7 Å². The first-order valence-electron chi connectivity index (χ1n) is 3.38. The third-order valence-corrected chi connectivity index (χ3v) is 3.04. The van der Waals surface area contributed by atoms with E-state index < -0.39 is 32.7 Å². The van der Waals surface area contributed by atoms with Crippen molar-refractivity contribution < 1.29 is 121 Å². The molecule has 0 amide bonds. The van der Waals surface area contributed by atoms with Gasteiger partial charge in [0.15, 0.2) is 0 Å². The molecular formula is C6H7Na3O7S. The Bertz CT molecular complexity index is 364. The van der Waals surface area contributed by atoms with Gasteiger partial charge in [-0.1, -0.05) is 13.8 Å². The monoisotopic (exact) mass is 292 g/mol. The second-order valence-corrected chi connectivity index (χ2v) is 4.66. The fourth-order valence-corrected chi connectivity index (χ4v) is 1.93. The number of carbonyl (C=O) groups excluding carboxylic acids is 2. The predicted molar refractivity (Wildman–Crippen MR) is 37.3 cm³/mol. The van der Waals surface area contributed by atoms with Crippen LogP contribution in [0.25, 0.3) is 0 Å². The molecule has 0 aliphatic carbocycles. The summed E-state index contributed by atoms with van der Waals surface area (Å²) in [5.74, 6) is -4.21. The number of hydrogen-bond acceptors (Lipinski definition) is 7. The van der Waals surface area contributed by atoms with Gasteiger partial charge in [0.25, 0.3) is 0 Å². The SMILES string of the molecule is CC(C)(C(=O)[O-])C(C(=O)[O-])S(=O)(=O)[O-].[Na+].[Na+].[Na+]. The molecule has 0 heterocycles. The van der Waals surface area contributed by atoms with Crippen LogP contribution in [0.15, 0.2) is 0 Å². The van der Waals surface area contributed by atoms with Crippen molar-refractivity contribution in [2.45, 2.75) is 19.1 Å². The summed E-state index contributed by atoms with van der Waals surface area (Å²) < 4.78 is 31.4. The zero-order valence-corrected chi connectivity index (χ0v) is 17.2. The molecule has 0 fully saturated rings. The van der Waals surface area contributed by atoms with Crippen molar-refractivity contribution >= 4 is 22.1 Å². The van der Waals surface area contributed by atoms with E-state index in [1.807, 2.05) is 0 Å². The summed E-state index contributed by atoms with van der Waals surface area (Å²) >= 11 is 0. The Hall–Kier alpha value is 1.85. The molecule has 0 bridgehead atoms. The standard InChI is InChI=1S/C6H10O7S.3Na/c1-6(2,5(9)10)3(4(7)8)14(11,12)13;;;/h3H,1-2H3,(H,7,8)(H,9,10)(H,11,12,13);;;/q;3*+1/p-3. The van der Waals surface area contributed by atoms with Crippen LogP contribution >= 0.6 is 0 Å². The van der Waals surface area contributed by atoms with Crippen molar-refractivity contribution in [1.82, 2.24) is 0 Å². The van der Waals surface area contributed by atoms with E-state index in [1.165, 1.54) is 0 Å². The molecule has 11 heteroatoms. The molecule has 0 rings (SSSR count). The molecular weight excluding hydrogens is 285 g/mol. The smallest absolute Gasteiger partial charge is 0.747 e. The van der Waals surface area contributed by atoms with Gasteiger partial charge in [0.05, 0.1) is 11.2 Å². The third kappa shape index (κ3) is 7.88. The predicted octanol–water partition coefficient (Wildman–Crippen LogP) is -12.6. The summed E-state index contributed by atoms with van der Waals surface area (Å²) in [6, 6.07) is 0. The van der Waals surface area contributed by atoms with E-state index in [0.29, 0.717) is 0 Å². The second-order valence-electron chi connectivity index (χ2n) is 3.20. The zero-order chi connectivity index (χ0) is 11.7. The van der Waals surface area contributed by atoms with Crippen molar-refractivity contribution in [3.8, 4) is 0 Å². The first-order chi connectivity index (χ1) is 6.01. The van der Waals surface area contributed by atoms with Crippen molar-refractivity contribution in [1.29, 1.82) is 0 Å². The van der Waals surface area contributed by atoms with E-state index in [1.54, 1.807) is 0 Å². The van der Waals surface area contributed by atoms with E-state index >= 15 is 0 Å². The average molecular weight is 292 g/mol. The number of carboxylic acids is 2. The number of carbonyl (C=O) groups is 2. The molecule has 1 unspecified atom stereocenters. The second kappa shape index (κ2) is 9.71. The van der Waals surface area contributed by atoms with Crippen molar-refractivity contribution in [2.24, 2.45) is 5.41 Å². The molecule has 82 valence electrons. The fourth-order valence-electron chi connectivity index (χ4n) is 0.880. The van der Waals surface area contributed by atoms with Crippen LogP contribution in [0.1, 0.15) is 13.8 Å². The van der Waals surface area contributed by atoms with E-state index in [2.05, 4.69) is 0 Å². The number of carboxylic acid groups (broad SMARTS) is 2. The molecule has 17 heavy (non-hydrogen) atoms. The summed E-state index contributed by atoms with van der Waals surface area (Å²) in [6.07, 6.45) is 0. The van der Waals surface area contributed by atoms with Gasteiger partial charge >= 0.3 is 88.7 Å². The van der Waals surface area contributed by atoms with Gasteiger partial charge in [-0.15, -0.1) is 0 Å². The molecule has 0 spiro atoms. The van der Waals surface area contributed by atoms with Crippen LogP contribution < -0.4 is 98.9 Å². The summed E-state index contributed by atoms with van der Waals surface area (Å²) in [7, 11) is -5.30. The molecule has 0 aliphatic heterocycles. The molecule has 1 atom stereocenters. The van der Waals surface area contributed by atoms with Gasteiger partial charge in [0.1, 0.15) is 10.1 Å². The van der Waals surface area contributed by atoms with Gasteiger partial charge in [0, 0.05) is 11.4 Å². The Morgan fingerprint density at radius 1 is 1.06 bits per heavy atom. The maximum Gasteiger partial charge on any atom is 1.00 e. The van der Waals surface area contributed by atoms with Crippen molar-refractivity contribution in [3.05, 3.63) is 0 Å². The van der Waals surface area contributed by atoms with E-state index in [-0.39, 0.29) is 88.7 Å². The van der Waals surface area contributed by atoms with Gasteiger partial charge in [-0.05, 0) is 0 Å². The van der Waals surface area contributed by atoms with Crippen LogP contribution in [0.3, 0.4) is 0 Å². The quantitative estimate of drug-likeness (QED) is 0.370. The maximum atomic E-state index is 10.5. The number of aliphatic carboxylic acids is 2. The summed E-state index contributed by atoms with van der Waals surface area (Å²) in [4.78, 5) is 20.7. The fraction of sp³-hybridized carbons (Fsp3) is 0.667. The Labute approximate surface area is 165 Å². The minimum Gasteiger partial charge on any atom is -0.747 e. The molecule has 0 aromatic heterocycles. The molecule has 0 N–H and O–H groups in total. The van der Waals surface area contributed by atoms with E-state index in [4.69, 9.17) is 0 Å². The van der Waals surface area contributed by atoms with Crippen LogP contribution in [0.5, 0.6) is 0 Å². The van der Waals surface area contributed by atoms with Gasteiger partial charge in [-0.2, -0.15) is 0 Å². The first-order valence-corrected chi connectivity index (χ1v) is 4.85. The van der Waals surface area contributed by atoms with Crippen LogP contribution in [0.2, 0.25) is 0 Å².